The second-order valence-electron chi connectivity index (χ2n) is 10.9. The average molecular weight is 635 g/mol. The molecule has 0 fully saturated rings. The third-order valence-corrected chi connectivity index (χ3v) is 9.53. The molecule has 9 nitrogen and oxygen atoms in total. The Balaban J connectivity index is 4.29. The Labute approximate surface area is 263 Å². The number of hydrogen-bond donors (Lipinski definition) is 3. The van der Waals surface area contributed by atoms with Crippen LogP contribution in [0, 0.1) is 0 Å². The van der Waals surface area contributed by atoms with Crippen LogP contribution in [0.2, 0.25) is 0 Å². The Bertz CT molecular complexity index is 656. The molecule has 0 aromatic heterocycles. The van der Waals surface area contributed by atoms with Gasteiger partial charge in [-0.25, -0.2) is 9.59 Å². The van der Waals surface area contributed by atoms with Gasteiger partial charge in [-0.3, -0.25) is 9.59 Å². The van der Waals surface area contributed by atoms with Crippen molar-refractivity contribution in [2.75, 3.05) is 32.3 Å². The molecule has 0 saturated heterocycles. The highest BCUT2D eigenvalue weighted by atomic mass is 33.1. The summed E-state index contributed by atoms with van der Waals surface area (Å²) >= 11 is 0. The van der Waals surface area contributed by atoms with Gasteiger partial charge < -0.3 is 25.8 Å². The predicted molar refractivity (Wildman–Crippen MR) is 174 cm³/mol. The van der Waals surface area contributed by atoms with Crippen LogP contribution in [0.1, 0.15) is 129 Å². The van der Waals surface area contributed by atoms with Gasteiger partial charge in [0.15, 0.2) is 0 Å². The van der Waals surface area contributed by atoms with Crippen molar-refractivity contribution in [3.8, 4) is 0 Å². The van der Waals surface area contributed by atoms with E-state index in [1.807, 2.05) is 0 Å². The molecule has 2 amide bonds. The normalized spacial score (nSPS) is 12.4. The molecule has 0 radical (unpaired) electrons. The monoisotopic (exact) mass is 634 g/mol. The number of methoxy groups -OCH3 is 2. The van der Waals surface area contributed by atoms with E-state index in [0.29, 0.717) is 12.8 Å². The average Bonchev–Trinajstić information content (AvgIpc) is 2.99. The first-order chi connectivity index (χ1) is 20.4. The first kappa shape index (κ1) is 40.5. The van der Waals surface area contributed by atoms with Gasteiger partial charge in [0.2, 0.25) is 11.8 Å². The number of ether oxygens (including phenoxy) is 2. The molecule has 246 valence electrons. The van der Waals surface area contributed by atoms with Gasteiger partial charge in [0.1, 0.15) is 12.1 Å². The van der Waals surface area contributed by atoms with E-state index in [0.717, 1.165) is 45.1 Å². The molecule has 0 rings (SSSR count). The van der Waals surface area contributed by atoms with E-state index < -0.39 is 24.0 Å². The third kappa shape index (κ3) is 24.0. The number of unbranched alkanes of at least 4 members (excludes halogenated alkanes) is 15. The van der Waals surface area contributed by atoms with Crippen molar-refractivity contribution in [2.24, 2.45) is 0 Å². The number of esters is 2. The number of quaternary nitrogens is 1. The summed E-state index contributed by atoms with van der Waals surface area (Å²) in [5.41, 5.74) is 3.86. The van der Waals surface area contributed by atoms with Gasteiger partial charge in [-0.15, -0.1) is 0 Å². The van der Waals surface area contributed by atoms with Gasteiger partial charge in [0.25, 0.3) is 0 Å². The van der Waals surface area contributed by atoms with Crippen LogP contribution in [-0.4, -0.2) is 68.1 Å². The molecular formula is C31H60N3O6S2+. The Morgan fingerprint density at radius 3 is 1.24 bits per heavy atom. The van der Waals surface area contributed by atoms with Crippen LogP contribution in [0.4, 0.5) is 0 Å². The van der Waals surface area contributed by atoms with Crippen molar-refractivity contribution < 1.29 is 34.4 Å². The first-order valence-electron chi connectivity index (χ1n) is 16.2. The van der Waals surface area contributed by atoms with E-state index in [1.54, 1.807) is 0 Å². The van der Waals surface area contributed by atoms with E-state index in [4.69, 9.17) is 9.47 Å². The zero-order chi connectivity index (χ0) is 31.3. The van der Waals surface area contributed by atoms with Gasteiger partial charge in [0.05, 0.1) is 20.8 Å². The van der Waals surface area contributed by atoms with Crippen molar-refractivity contribution in [3.05, 3.63) is 0 Å². The topological polar surface area (TPSA) is 138 Å². The number of rotatable bonds is 29. The minimum atomic E-state index is -0.772. The highest BCUT2D eigenvalue weighted by Crippen LogP contribution is 2.24. The number of carbonyl (C=O) groups is 4. The number of carbonyl (C=O) groups excluding carboxylic acids is 4. The smallest absolute Gasteiger partial charge is 0.329 e. The van der Waals surface area contributed by atoms with Crippen molar-refractivity contribution in [1.29, 1.82) is 0 Å². The van der Waals surface area contributed by atoms with Crippen LogP contribution >= 0.6 is 21.6 Å². The van der Waals surface area contributed by atoms with Crippen LogP contribution in [0.3, 0.4) is 0 Å². The lowest BCUT2D eigenvalue weighted by atomic mass is 10.1. The van der Waals surface area contributed by atoms with Crippen molar-refractivity contribution in [3.63, 3.8) is 0 Å². The number of hydrogen-bond acceptors (Lipinski definition) is 8. The standard InChI is InChI=1S/C31H59N3O6S2/c1-4-5-6-7-8-9-12-15-18-21-28(35)33-26(30(37)39-2)24-41-42-25-27(31(38)40-3)34-29(36)22-19-16-13-10-11-14-17-20-23-32/h26-27H,4-25,32H2,1-3H3,(H,33,35)(H,34,36)/p+1. The Hall–Kier alpha value is -1.46. The van der Waals surface area contributed by atoms with Gasteiger partial charge in [0, 0.05) is 24.3 Å². The minimum absolute atomic E-state index is 0.160. The highest BCUT2D eigenvalue weighted by molar-refractivity contribution is 8.76. The summed E-state index contributed by atoms with van der Waals surface area (Å²) in [7, 11) is 5.29. The summed E-state index contributed by atoms with van der Waals surface area (Å²) in [6.45, 7) is 3.22. The Kier molecular flexibility index (Phi) is 28.6. The highest BCUT2D eigenvalue weighted by Gasteiger charge is 2.24. The molecule has 11 heteroatoms. The van der Waals surface area contributed by atoms with E-state index in [9.17, 15) is 19.2 Å². The summed E-state index contributed by atoms with van der Waals surface area (Å²) in [4.78, 5) is 49.3. The quantitative estimate of drug-likeness (QED) is 0.0568. The van der Waals surface area contributed by atoms with Crippen LogP contribution < -0.4 is 16.4 Å². The SMILES string of the molecule is CCCCCCCCCCCC(=O)NC(CSSCC(NC(=O)CCCCCCCCCC[NH3+])C(=O)OC)C(=O)OC. The molecule has 0 aliphatic rings. The molecule has 0 aliphatic carbocycles. The number of nitrogens with one attached hydrogen (secondary N) is 2. The zero-order valence-electron chi connectivity index (χ0n) is 26.7. The Morgan fingerprint density at radius 1 is 0.571 bits per heavy atom. The number of amides is 2. The Morgan fingerprint density at radius 2 is 0.905 bits per heavy atom. The maximum atomic E-state index is 12.4. The van der Waals surface area contributed by atoms with Crippen LogP contribution in [-0.2, 0) is 28.7 Å². The molecule has 0 heterocycles. The fourth-order valence-corrected chi connectivity index (χ4v) is 6.80. The largest absolute Gasteiger partial charge is 0.467 e. The summed E-state index contributed by atoms with van der Waals surface area (Å²) in [6.07, 6.45) is 20.3. The van der Waals surface area contributed by atoms with E-state index in [-0.39, 0.29) is 23.3 Å². The fourth-order valence-electron chi connectivity index (χ4n) is 4.51. The molecule has 5 N–H and O–H groups in total. The van der Waals surface area contributed by atoms with Gasteiger partial charge in [-0.1, -0.05) is 112 Å². The van der Waals surface area contributed by atoms with E-state index in [2.05, 4.69) is 23.3 Å². The maximum Gasteiger partial charge on any atom is 0.329 e. The van der Waals surface area contributed by atoms with Crippen LogP contribution in [0.15, 0.2) is 0 Å². The van der Waals surface area contributed by atoms with Gasteiger partial charge >= 0.3 is 11.9 Å². The zero-order valence-corrected chi connectivity index (χ0v) is 28.3. The van der Waals surface area contributed by atoms with Crippen LogP contribution in [0.25, 0.3) is 0 Å². The summed E-state index contributed by atoms with van der Waals surface area (Å²) in [5.74, 6) is -0.748. The molecule has 0 aromatic carbocycles. The lowest BCUT2D eigenvalue weighted by Crippen LogP contribution is -2.50. The maximum absolute atomic E-state index is 12.4. The lowest BCUT2D eigenvalue weighted by molar-refractivity contribution is -0.368. The third-order valence-electron chi connectivity index (χ3n) is 7.11. The second-order valence-corrected chi connectivity index (χ2v) is 13.4. The molecule has 0 bridgehead atoms. The molecule has 42 heavy (non-hydrogen) atoms. The summed E-state index contributed by atoms with van der Waals surface area (Å²) in [5, 5.41) is 5.57. The minimum Gasteiger partial charge on any atom is -0.467 e. The van der Waals surface area contributed by atoms with E-state index >= 15 is 0 Å². The van der Waals surface area contributed by atoms with Crippen molar-refractivity contribution >= 4 is 45.3 Å². The molecule has 0 saturated carbocycles. The summed E-state index contributed by atoms with van der Waals surface area (Å²) in [6, 6.07) is -1.54. The van der Waals surface area contributed by atoms with Crippen LogP contribution in [0.5, 0.6) is 0 Å². The molecular weight excluding hydrogens is 574 g/mol. The van der Waals surface area contributed by atoms with Crippen molar-refractivity contribution in [2.45, 2.75) is 141 Å². The molecule has 2 atom stereocenters. The molecule has 0 aromatic rings. The second kappa shape index (κ2) is 29.6. The fraction of sp³-hybridized carbons (Fsp3) is 0.871. The van der Waals surface area contributed by atoms with Gasteiger partial charge in [-0.05, 0) is 25.7 Å². The molecule has 0 aliphatic heterocycles. The van der Waals surface area contributed by atoms with Crippen molar-refractivity contribution in [1.82, 2.24) is 10.6 Å². The molecule has 0 spiro atoms. The lowest BCUT2D eigenvalue weighted by Gasteiger charge is -2.18. The predicted octanol–water partition coefficient (Wildman–Crippen LogP) is 5.36. The van der Waals surface area contributed by atoms with Gasteiger partial charge in [-0.2, -0.15) is 0 Å². The summed E-state index contributed by atoms with van der Waals surface area (Å²) < 4.78 is 9.74. The molecule has 2 unspecified atom stereocenters. The van der Waals surface area contributed by atoms with E-state index in [1.165, 1.54) is 106 Å². The first-order valence-corrected chi connectivity index (χ1v) is 18.7.